The lowest BCUT2D eigenvalue weighted by Crippen LogP contribution is -2.58. The number of carbonyl (C=O) groups excluding carboxylic acids is 1. The van der Waals surface area contributed by atoms with E-state index in [1.54, 1.807) is 23.6 Å². The van der Waals surface area contributed by atoms with Crippen molar-refractivity contribution in [2.75, 3.05) is 44.2 Å². The Bertz CT molecular complexity index is 1760. The van der Waals surface area contributed by atoms with Crippen molar-refractivity contribution in [3.8, 4) is 16.9 Å². The first kappa shape index (κ1) is 34.4. The zero-order valence-electron chi connectivity index (χ0n) is 24.9. The van der Waals surface area contributed by atoms with Crippen LogP contribution in [-0.2, 0) is 4.79 Å². The van der Waals surface area contributed by atoms with Crippen molar-refractivity contribution in [2.45, 2.75) is 44.3 Å². The largest absolute Gasteiger partial charge is 0.488 e. The van der Waals surface area contributed by atoms with E-state index < -0.39 is 74.0 Å². The number of halogens is 9. The summed E-state index contributed by atoms with van der Waals surface area (Å²) < 4.78 is 116. The highest BCUT2D eigenvalue weighted by molar-refractivity contribution is 6.35. The summed E-state index contributed by atoms with van der Waals surface area (Å²) in [5, 5.41) is 0.0305. The number of hydrogen-bond donors (Lipinski definition) is 0. The highest BCUT2D eigenvalue weighted by atomic mass is 35.5. The van der Waals surface area contributed by atoms with Gasteiger partial charge in [0.15, 0.2) is 5.75 Å². The van der Waals surface area contributed by atoms with Crippen LogP contribution in [0.1, 0.15) is 19.9 Å². The molecule has 3 atom stereocenters. The molecule has 0 spiro atoms. The van der Waals surface area contributed by atoms with Gasteiger partial charge in [-0.1, -0.05) is 18.2 Å². The van der Waals surface area contributed by atoms with Crippen molar-refractivity contribution in [3.05, 3.63) is 64.1 Å². The smallest absolute Gasteiger partial charge is 0.401 e. The first-order valence-corrected chi connectivity index (χ1v) is 14.7. The molecule has 5 rings (SSSR count). The van der Waals surface area contributed by atoms with Crippen LogP contribution in [0.2, 0.25) is 5.02 Å². The van der Waals surface area contributed by atoms with E-state index >= 15 is 4.39 Å². The Kier molecular flexibility index (Phi) is 9.22. The van der Waals surface area contributed by atoms with Crippen LogP contribution in [0.4, 0.5) is 40.9 Å². The molecule has 17 heteroatoms. The van der Waals surface area contributed by atoms with Gasteiger partial charge >= 0.3 is 18.0 Å². The fraction of sp³-hybridized carbons (Fsp3) is 0.433. The van der Waals surface area contributed by atoms with Crippen molar-refractivity contribution >= 4 is 34.2 Å². The number of aromatic nitrogens is 2. The maximum absolute atomic E-state index is 15.1. The van der Waals surface area contributed by atoms with Gasteiger partial charge in [-0.05, 0) is 38.1 Å². The molecule has 3 aromatic rings. The van der Waals surface area contributed by atoms with Gasteiger partial charge in [-0.3, -0.25) is 14.3 Å². The maximum atomic E-state index is 15.1. The van der Waals surface area contributed by atoms with Crippen LogP contribution in [-0.4, -0.2) is 89.0 Å². The number of hydrogen-bond acceptors (Lipinski definition) is 6. The molecule has 3 heterocycles. The van der Waals surface area contributed by atoms with Gasteiger partial charge in [0.05, 0.1) is 29.7 Å². The molecule has 0 bridgehead atoms. The molecule has 2 aliphatic rings. The van der Waals surface area contributed by atoms with Gasteiger partial charge < -0.3 is 14.5 Å². The molecule has 2 aliphatic heterocycles. The third kappa shape index (κ3) is 7.03. The monoisotopic (exact) mass is 693 g/mol. The number of rotatable bonds is 7. The number of nitrogens with zero attached hydrogens (tertiary/aromatic N) is 5. The highest BCUT2D eigenvalue weighted by Gasteiger charge is 2.41. The van der Waals surface area contributed by atoms with E-state index in [4.69, 9.17) is 16.3 Å². The summed E-state index contributed by atoms with van der Waals surface area (Å²) in [6.45, 7) is 2.05. The number of piperazine rings is 1. The van der Waals surface area contributed by atoms with Gasteiger partial charge in [0.2, 0.25) is 5.91 Å². The summed E-state index contributed by atoms with van der Waals surface area (Å²) >= 11 is 6.68. The van der Waals surface area contributed by atoms with E-state index in [0.29, 0.717) is 6.07 Å². The second-order valence-electron chi connectivity index (χ2n) is 11.6. The standard InChI is InChI=1S/C30H28ClF8N5O3/c1-4-23(45)42-9-16(3)43(10-15(42)2)27-20-8-21(31)24(19-6-5-17(32)7-22(19)33)26-25(20)44(28(46)40-27)18(12-47-26)11-41(13-29(34,35)36)14-30(37,38)39/h4-8,15-16,18H,1,9-14H2,2-3H3/t15-,16+,18?/m1/s1. The number of amides is 1. The number of benzene rings is 2. The molecule has 47 heavy (non-hydrogen) atoms. The molecule has 0 aliphatic carbocycles. The highest BCUT2D eigenvalue weighted by Crippen LogP contribution is 2.47. The predicted octanol–water partition coefficient (Wildman–Crippen LogP) is 5.97. The fourth-order valence-electron chi connectivity index (χ4n) is 6.19. The molecule has 1 saturated heterocycles. The SMILES string of the molecule is C=CC(=O)N1C[C@H](C)N(c2nc(=O)n3c4c(c(-c5ccc(F)cc5F)c(Cl)cc24)OCC3CN(CC(F)(F)F)CC(F)(F)F)C[C@H]1C. The number of carbonyl (C=O) groups is 1. The van der Waals surface area contributed by atoms with Crippen molar-refractivity contribution in [3.63, 3.8) is 0 Å². The van der Waals surface area contributed by atoms with Gasteiger partial charge in [0.1, 0.15) is 24.1 Å². The normalized spacial score (nSPS) is 20.1. The second kappa shape index (κ2) is 12.6. The molecule has 8 nitrogen and oxygen atoms in total. The van der Waals surface area contributed by atoms with Crippen LogP contribution in [0.5, 0.6) is 5.75 Å². The molecule has 254 valence electrons. The topological polar surface area (TPSA) is 70.9 Å². The van der Waals surface area contributed by atoms with Gasteiger partial charge in [-0.15, -0.1) is 0 Å². The number of anilines is 1. The second-order valence-corrected chi connectivity index (χ2v) is 12.0. The van der Waals surface area contributed by atoms with E-state index in [1.165, 1.54) is 12.1 Å². The lowest BCUT2D eigenvalue weighted by Gasteiger charge is -2.45. The Labute approximate surface area is 267 Å². The maximum Gasteiger partial charge on any atom is 0.401 e. The molecule has 2 aromatic carbocycles. The van der Waals surface area contributed by atoms with Gasteiger partial charge in [-0.2, -0.15) is 31.3 Å². The molecular formula is C30H28ClF8N5O3. The first-order chi connectivity index (χ1) is 21.9. The molecule has 1 fully saturated rings. The van der Waals surface area contributed by atoms with Crippen LogP contribution >= 0.6 is 11.6 Å². The number of alkyl halides is 6. The Balaban J connectivity index is 1.72. The van der Waals surface area contributed by atoms with Crippen molar-refractivity contribution in [1.82, 2.24) is 19.4 Å². The minimum absolute atomic E-state index is 0.0623. The fourth-order valence-corrected chi connectivity index (χ4v) is 6.49. The lowest BCUT2D eigenvalue weighted by molar-refractivity contribution is -0.181. The van der Waals surface area contributed by atoms with Gasteiger partial charge in [-0.25, -0.2) is 13.6 Å². The predicted molar refractivity (Wildman–Crippen MR) is 158 cm³/mol. The third-order valence-corrected chi connectivity index (χ3v) is 8.37. The zero-order valence-corrected chi connectivity index (χ0v) is 25.7. The molecule has 0 radical (unpaired) electrons. The Morgan fingerprint density at radius 1 is 1.09 bits per heavy atom. The Hall–Kier alpha value is -3.92. The first-order valence-electron chi connectivity index (χ1n) is 14.3. The Morgan fingerprint density at radius 3 is 2.34 bits per heavy atom. The molecule has 0 saturated carbocycles. The minimum Gasteiger partial charge on any atom is -0.488 e. The third-order valence-electron chi connectivity index (χ3n) is 8.07. The van der Waals surface area contributed by atoms with Crippen LogP contribution in [0, 0.1) is 11.6 Å². The Morgan fingerprint density at radius 2 is 1.74 bits per heavy atom. The van der Waals surface area contributed by atoms with E-state index in [0.717, 1.165) is 16.7 Å². The van der Waals surface area contributed by atoms with E-state index in [1.807, 2.05) is 0 Å². The molecule has 0 N–H and O–H groups in total. The molecular weight excluding hydrogens is 666 g/mol. The van der Waals surface area contributed by atoms with Crippen LogP contribution < -0.4 is 15.3 Å². The van der Waals surface area contributed by atoms with Crippen LogP contribution in [0.25, 0.3) is 22.0 Å². The van der Waals surface area contributed by atoms with Crippen molar-refractivity contribution < 1.29 is 44.7 Å². The molecule has 1 aromatic heterocycles. The van der Waals surface area contributed by atoms with Crippen LogP contribution in [0.3, 0.4) is 0 Å². The molecule has 1 unspecified atom stereocenters. The summed E-state index contributed by atoms with van der Waals surface area (Å²) in [6, 6.07) is 1.75. The van der Waals surface area contributed by atoms with E-state index in [2.05, 4.69) is 11.6 Å². The van der Waals surface area contributed by atoms with Crippen molar-refractivity contribution in [2.24, 2.45) is 0 Å². The average molecular weight is 694 g/mol. The summed E-state index contributed by atoms with van der Waals surface area (Å²) in [5.41, 5.74) is -1.44. The van der Waals surface area contributed by atoms with E-state index in [9.17, 15) is 40.3 Å². The summed E-state index contributed by atoms with van der Waals surface area (Å²) in [6.07, 6.45) is -8.83. The lowest BCUT2D eigenvalue weighted by atomic mass is 9.99. The van der Waals surface area contributed by atoms with Gasteiger partial charge in [0, 0.05) is 54.3 Å². The minimum atomic E-state index is -5.00. The summed E-state index contributed by atoms with van der Waals surface area (Å²) in [4.78, 5) is 33.9. The van der Waals surface area contributed by atoms with Gasteiger partial charge in [0.25, 0.3) is 0 Å². The molecule has 1 amide bonds. The van der Waals surface area contributed by atoms with Crippen molar-refractivity contribution in [1.29, 1.82) is 0 Å². The zero-order chi connectivity index (χ0) is 34.6. The summed E-state index contributed by atoms with van der Waals surface area (Å²) in [5.74, 6) is -2.38. The van der Waals surface area contributed by atoms with Crippen LogP contribution in [0.15, 0.2) is 41.7 Å². The number of ether oxygens (including phenoxy) is 1. The quantitative estimate of drug-likeness (QED) is 0.225. The summed E-state index contributed by atoms with van der Waals surface area (Å²) in [7, 11) is 0. The average Bonchev–Trinajstić information content (AvgIpc) is 2.94. The van der Waals surface area contributed by atoms with E-state index in [-0.39, 0.29) is 62.5 Å².